The van der Waals surface area contributed by atoms with Crippen LogP contribution in [0.3, 0.4) is 0 Å². The van der Waals surface area contributed by atoms with Gasteiger partial charge in [0, 0.05) is 6.07 Å². The topological polar surface area (TPSA) is 51.8 Å². The fourth-order valence-electron chi connectivity index (χ4n) is 1.73. The molecule has 96 valence electrons. The normalized spacial score (nSPS) is 13.0. The molecule has 1 unspecified atom stereocenters. The first-order valence-corrected chi connectivity index (χ1v) is 6.30. The van der Waals surface area contributed by atoms with Gasteiger partial charge in [-0.15, -0.1) is 5.10 Å². The molecule has 0 saturated carbocycles. The second kappa shape index (κ2) is 5.07. The molecule has 1 heterocycles. The van der Waals surface area contributed by atoms with Crippen molar-refractivity contribution in [3.63, 3.8) is 0 Å². The number of aromatic nitrogens is 2. The maximum atomic E-state index is 13.2. The zero-order chi connectivity index (χ0) is 13.3. The lowest BCUT2D eigenvalue weighted by atomic mass is 10.0. The summed E-state index contributed by atoms with van der Waals surface area (Å²) in [6, 6.07) is 2.69. The van der Waals surface area contributed by atoms with Gasteiger partial charge in [0.2, 0.25) is 0 Å². The van der Waals surface area contributed by atoms with Crippen LogP contribution in [-0.4, -0.2) is 9.59 Å². The first kappa shape index (κ1) is 13.0. The molecule has 0 saturated heterocycles. The molecule has 0 fully saturated rings. The van der Waals surface area contributed by atoms with Gasteiger partial charge in [0.15, 0.2) is 0 Å². The monoisotopic (exact) mass is 269 g/mol. The average Bonchev–Trinajstić information content (AvgIpc) is 2.75. The van der Waals surface area contributed by atoms with Crippen molar-refractivity contribution < 1.29 is 8.78 Å². The number of halogens is 2. The van der Waals surface area contributed by atoms with E-state index in [2.05, 4.69) is 9.59 Å². The summed E-state index contributed by atoms with van der Waals surface area (Å²) in [5, 5.41) is 4.01. The third kappa shape index (κ3) is 2.54. The molecule has 1 atom stereocenters. The van der Waals surface area contributed by atoms with Crippen LogP contribution in [0.4, 0.5) is 8.78 Å². The van der Waals surface area contributed by atoms with Crippen LogP contribution in [0.25, 0.3) is 0 Å². The lowest BCUT2D eigenvalue weighted by Gasteiger charge is -2.12. The lowest BCUT2D eigenvalue weighted by Crippen LogP contribution is -2.13. The standard InChI is InChI=1S/C12H13F2N3S/c1-6(2)11-12(18-17-16-11)10(15)7-3-8(13)5-9(14)4-7/h3-6,10H,15H2,1-2H3. The molecule has 0 amide bonds. The minimum absolute atomic E-state index is 0.170. The second-order valence-electron chi connectivity index (χ2n) is 4.36. The summed E-state index contributed by atoms with van der Waals surface area (Å²) in [6.45, 7) is 3.94. The van der Waals surface area contributed by atoms with Gasteiger partial charge in [0.25, 0.3) is 0 Å². The molecule has 0 bridgehead atoms. The van der Waals surface area contributed by atoms with Gasteiger partial charge < -0.3 is 5.73 Å². The Morgan fingerprint density at radius 1 is 1.17 bits per heavy atom. The first-order valence-electron chi connectivity index (χ1n) is 5.52. The number of rotatable bonds is 3. The van der Waals surface area contributed by atoms with Gasteiger partial charge in [-0.3, -0.25) is 0 Å². The van der Waals surface area contributed by atoms with Crippen LogP contribution >= 0.6 is 11.5 Å². The third-order valence-electron chi connectivity index (χ3n) is 2.61. The molecule has 0 spiro atoms. The van der Waals surface area contributed by atoms with Crippen LogP contribution in [0.1, 0.15) is 41.9 Å². The Hall–Kier alpha value is -1.40. The summed E-state index contributed by atoms with van der Waals surface area (Å²) in [6.07, 6.45) is 0. The third-order valence-corrected chi connectivity index (χ3v) is 3.44. The highest BCUT2D eigenvalue weighted by atomic mass is 32.1. The van der Waals surface area contributed by atoms with E-state index in [1.54, 1.807) is 0 Å². The van der Waals surface area contributed by atoms with E-state index >= 15 is 0 Å². The average molecular weight is 269 g/mol. The van der Waals surface area contributed by atoms with Gasteiger partial charge >= 0.3 is 0 Å². The predicted molar refractivity (Wildman–Crippen MR) is 66.4 cm³/mol. The molecular weight excluding hydrogens is 256 g/mol. The van der Waals surface area contributed by atoms with E-state index < -0.39 is 17.7 Å². The molecule has 1 aromatic heterocycles. The lowest BCUT2D eigenvalue weighted by molar-refractivity contribution is 0.577. The maximum Gasteiger partial charge on any atom is 0.126 e. The second-order valence-corrected chi connectivity index (χ2v) is 5.14. The van der Waals surface area contributed by atoms with E-state index in [1.807, 2.05) is 13.8 Å². The first-order chi connectivity index (χ1) is 8.49. The summed E-state index contributed by atoms with van der Waals surface area (Å²) < 4.78 is 30.2. The Kier molecular flexibility index (Phi) is 3.68. The molecule has 18 heavy (non-hydrogen) atoms. The van der Waals surface area contributed by atoms with Gasteiger partial charge in [0.1, 0.15) is 11.6 Å². The van der Waals surface area contributed by atoms with E-state index in [-0.39, 0.29) is 5.92 Å². The summed E-state index contributed by atoms with van der Waals surface area (Å²) in [7, 11) is 0. The van der Waals surface area contributed by atoms with E-state index in [4.69, 9.17) is 5.73 Å². The quantitative estimate of drug-likeness (QED) is 0.932. The molecule has 0 aliphatic rings. The number of hydrogen-bond acceptors (Lipinski definition) is 4. The Balaban J connectivity index is 2.41. The molecule has 2 N–H and O–H groups in total. The van der Waals surface area contributed by atoms with E-state index in [1.165, 1.54) is 12.1 Å². The zero-order valence-corrected chi connectivity index (χ0v) is 10.8. The van der Waals surface area contributed by atoms with Crippen molar-refractivity contribution in [1.82, 2.24) is 9.59 Å². The summed E-state index contributed by atoms with van der Waals surface area (Å²) in [5.74, 6) is -1.10. The van der Waals surface area contributed by atoms with Crippen LogP contribution in [0.2, 0.25) is 0 Å². The Morgan fingerprint density at radius 2 is 1.78 bits per heavy atom. The number of hydrogen-bond donors (Lipinski definition) is 1. The molecule has 2 aromatic rings. The van der Waals surface area contributed by atoms with Crippen molar-refractivity contribution >= 4 is 11.5 Å². The van der Waals surface area contributed by atoms with Crippen molar-refractivity contribution in [1.29, 1.82) is 0 Å². The van der Waals surface area contributed by atoms with Crippen molar-refractivity contribution in [2.24, 2.45) is 5.73 Å². The van der Waals surface area contributed by atoms with Crippen LogP contribution < -0.4 is 5.73 Å². The highest BCUT2D eigenvalue weighted by molar-refractivity contribution is 7.05. The highest BCUT2D eigenvalue weighted by Gasteiger charge is 2.20. The van der Waals surface area contributed by atoms with Crippen molar-refractivity contribution in [2.75, 3.05) is 0 Å². The Bertz CT molecular complexity index is 534. The minimum Gasteiger partial charge on any atom is -0.319 e. The fraction of sp³-hybridized carbons (Fsp3) is 0.333. The minimum atomic E-state index is -0.635. The molecule has 3 nitrogen and oxygen atoms in total. The number of nitrogens with zero attached hydrogens (tertiary/aromatic N) is 2. The molecule has 6 heteroatoms. The van der Waals surface area contributed by atoms with Gasteiger partial charge in [0.05, 0.1) is 16.6 Å². The van der Waals surface area contributed by atoms with Crippen LogP contribution in [0.15, 0.2) is 18.2 Å². The number of nitrogens with two attached hydrogens (primary N) is 1. The summed E-state index contributed by atoms with van der Waals surface area (Å²) in [5.41, 5.74) is 7.20. The Labute approximate surface area is 108 Å². The van der Waals surface area contributed by atoms with Gasteiger partial charge in [-0.2, -0.15) is 0 Å². The van der Waals surface area contributed by atoms with Crippen molar-refractivity contribution in [3.8, 4) is 0 Å². The maximum absolute atomic E-state index is 13.2. The zero-order valence-electron chi connectivity index (χ0n) is 10.0. The fourth-order valence-corrected chi connectivity index (χ4v) is 2.56. The van der Waals surface area contributed by atoms with Crippen LogP contribution in [0.5, 0.6) is 0 Å². The summed E-state index contributed by atoms with van der Waals surface area (Å²) >= 11 is 1.16. The molecule has 0 aliphatic carbocycles. The number of benzene rings is 1. The van der Waals surface area contributed by atoms with E-state index in [0.29, 0.717) is 5.56 Å². The van der Waals surface area contributed by atoms with Gasteiger partial charge in [-0.25, -0.2) is 8.78 Å². The van der Waals surface area contributed by atoms with E-state index in [9.17, 15) is 8.78 Å². The van der Waals surface area contributed by atoms with Crippen LogP contribution in [-0.2, 0) is 0 Å². The largest absolute Gasteiger partial charge is 0.319 e. The Morgan fingerprint density at radius 3 is 2.33 bits per heavy atom. The van der Waals surface area contributed by atoms with E-state index in [0.717, 1.165) is 28.2 Å². The highest BCUT2D eigenvalue weighted by Crippen LogP contribution is 2.29. The van der Waals surface area contributed by atoms with Crippen molar-refractivity contribution in [2.45, 2.75) is 25.8 Å². The van der Waals surface area contributed by atoms with Gasteiger partial charge in [-0.1, -0.05) is 18.3 Å². The summed E-state index contributed by atoms with van der Waals surface area (Å²) in [4.78, 5) is 0.745. The van der Waals surface area contributed by atoms with Crippen LogP contribution in [0, 0.1) is 11.6 Å². The molecule has 1 aromatic carbocycles. The molecular formula is C12H13F2N3S. The van der Waals surface area contributed by atoms with Crippen molar-refractivity contribution in [3.05, 3.63) is 46.0 Å². The smallest absolute Gasteiger partial charge is 0.126 e. The SMILES string of the molecule is CC(C)c1nnsc1C(N)c1cc(F)cc(F)c1. The molecule has 0 radical (unpaired) electrons. The van der Waals surface area contributed by atoms with Gasteiger partial charge in [-0.05, 0) is 35.1 Å². The molecule has 2 rings (SSSR count). The molecule has 0 aliphatic heterocycles. The predicted octanol–water partition coefficient (Wildman–Crippen LogP) is 2.99.